The van der Waals surface area contributed by atoms with Crippen LogP contribution in [0.5, 0.6) is 0 Å². The summed E-state index contributed by atoms with van der Waals surface area (Å²) in [5, 5.41) is 12.8. The van der Waals surface area contributed by atoms with Crippen LogP contribution in [0, 0.1) is 5.92 Å². The Hall–Kier alpha value is -0.940. The van der Waals surface area contributed by atoms with Gasteiger partial charge < -0.3 is 19.9 Å². The molecule has 4 heteroatoms. The minimum atomic E-state index is -0.530. The van der Waals surface area contributed by atoms with Gasteiger partial charge in [-0.2, -0.15) is 0 Å². The van der Waals surface area contributed by atoms with Gasteiger partial charge in [0.2, 0.25) is 0 Å². The lowest BCUT2D eigenvalue weighted by Gasteiger charge is -2.23. The van der Waals surface area contributed by atoms with Crippen molar-refractivity contribution in [3.63, 3.8) is 0 Å². The van der Waals surface area contributed by atoms with Crippen LogP contribution in [0.2, 0.25) is 0 Å². The van der Waals surface area contributed by atoms with Crippen molar-refractivity contribution in [3.05, 3.63) is 35.9 Å². The SMILES string of the molecule is CC1(C)OC[C@H]([C@@H](CO)CNCc2ccccc2)O1. The average Bonchev–Trinajstić information content (AvgIpc) is 2.76. The third kappa shape index (κ3) is 4.28. The molecule has 0 bridgehead atoms. The van der Waals surface area contributed by atoms with E-state index >= 15 is 0 Å². The molecule has 1 heterocycles. The molecular weight excluding hydrogens is 242 g/mol. The van der Waals surface area contributed by atoms with Crippen LogP contribution in [-0.2, 0) is 16.0 Å². The monoisotopic (exact) mass is 265 g/mol. The van der Waals surface area contributed by atoms with Gasteiger partial charge >= 0.3 is 0 Å². The van der Waals surface area contributed by atoms with E-state index < -0.39 is 5.79 Å². The molecule has 0 aliphatic carbocycles. The third-order valence-corrected chi connectivity index (χ3v) is 3.37. The summed E-state index contributed by atoms with van der Waals surface area (Å²) >= 11 is 0. The van der Waals surface area contributed by atoms with Gasteiger partial charge in [-0.3, -0.25) is 0 Å². The van der Waals surface area contributed by atoms with Gasteiger partial charge in [0.05, 0.1) is 12.7 Å². The maximum absolute atomic E-state index is 9.48. The van der Waals surface area contributed by atoms with Crippen LogP contribution in [0.15, 0.2) is 30.3 Å². The fourth-order valence-corrected chi connectivity index (χ4v) is 2.26. The molecule has 1 saturated heterocycles. The van der Waals surface area contributed by atoms with Gasteiger partial charge in [0.25, 0.3) is 0 Å². The van der Waals surface area contributed by atoms with Gasteiger partial charge in [-0.1, -0.05) is 30.3 Å². The highest BCUT2D eigenvalue weighted by molar-refractivity contribution is 5.14. The van der Waals surface area contributed by atoms with Crippen molar-refractivity contribution in [2.24, 2.45) is 5.92 Å². The molecule has 106 valence electrons. The number of ether oxygens (including phenoxy) is 2. The first-order valence-electron chi connectivity index (χ1n) is 6.78. The maximum atomic E-state index is 9.48. The highest BCUT2D eigenvalue weighted by Gasteiger charge is 2.36. The first-order valence-corrected chi connectivity index (χ1v) is 6.78. The Morgan fingerprint density at radius 1 is 1.37 bits per heavy atom. The lowest BCUT2D eigenvalue weighted by atomic mass is 10.0. The summed E-state index contributed by atoms with van der Waals surface area (Å²) in [6.07, 6.45) is -0.0386. The summed E-state index contributed by atoms with van der Waals surface area (Å²) in [7, 11) is 0. The van der Waals surface area contributed by atoms with Gasteiger partial charge in [-0.05, 0) is 19.4 Å². The van der Waals surface area contributed by atoms with Gasteiger partial charge in [-0.25, -0.2) is 0 Å². The van der Waals surface area contributed by atoms with Crippen molar-refractivity contribution in [1.29, 1.82) is 0 Å². The van der Waals surface area contributed by atoms with E-state index in [9.17, 15) is 5.11 Å². The summed E-state index contributed by atoms with van der Waals surface area (Å²) < 4.78 is 11.3. The van der Waals surface area contributed by atoms with E-state index in [1.165, 1.54) is 5.56 Å². The van der Waals surface area contributed by atoms with Crippen LogP contribution in [0.3, 0.4) is 0 Å². The highest BCUT2D eigenvalue weighted by atomic mass is 16.7. The summed E-state index contributed by atoms with van der Waals surface area (Å²) in [5.74, 6) is -0.470. The van der Waals surface area contributed by atoms with Crippen LogP contribution in [0.4, 0.5) is 0 Å². The number of aliphatic hydroxyl groups excluding tert-OH is 1. The Morgan fingerprint density at radius 2 is 2.11 bits per heavy atom. The van der Waals surface area contributed by atoms with E-state index in [0.29, 0.717) is 6.61 Å². The van der Waals surface area contributed by atoms with E-state index in [-0.39, 0.29) is 18.6 Å². The van der Waals surface area contributed by atoms with Crippen molar-refractivity contribution in [2.75, 3.05) is 19.8 Å². The van der Waals surface area contributed by atoms with Gasteiger partial charge in [0, 0.05) is 25.6 Å². The van der Waals surface area contributed by atoms with Crippen molar-refractivity contribution >= 4 is 0 Å². The van der Waals surface area contributed by atoms with Crippen LogP contribution in [0.1, 0.15) is 19.4 Å². The van der Waals surface area contributed by atoms with Crippen molar-refractivity contribution in [3.8, 4) is 0 Å². The topological polar surface area (TPSA) is 50.7 Å². The lowest BCUT2D eigenvalue weighted by molar-refractivity contribution is -0.146. The van der Waals surface area contributed by atoms with Gasteiger partial charge in [0.1, 0.15) is 0 Å². The second-order valence-electron chi connectivity index (χ2n) is 5.43. The van der Waals surface area contributed by atoms with Crippen molar-refractivity contribution in [1.82, 2.24) is 5.32 Å². The second-order valence-corrected chi connectivity index (χ2v) is 5.43. The standard InChI is InChI=1S/C15H23NO3/c1-15(2)18-11-14(19-15)13(10-17)9-16-8-12-6-4-3-5-7-12/h3-7,13-14,16-17H,8-11H2,1-2H3/t13-,14-/m1/s1. The van der Waals surface area contributed by atoms with Crippen molar-refractivity contribution < 1.29 is 14.6 Å². The number of aliphatic hydroxyl groups is 1. The minimum absolute atomic E-state index is 0.0386. The Bertz CT molecular complexity index is 380. The molecule has 1 aliphatic heterocycles. The smallest absolute Gasteiger partial charge is 0.163 e. The molecule has 2 atom stereocenters. The molecule has 0 saturated carbocycles. The lowest BCUT2D eigenvalue weighted by Crippen LogP contribution is -2.36. The first-order chi connectivity index (χ1) is 9.11. The van der Waals surface area contributed by atoms with Crippen LogP contribution in [0.25, 0.3) is 0 Å². The quantitative estimate of drug-likeness (QED) is 0.819. The van der Waals surface area contributed by atoms with E-state index in [0.717, 1.165) is 13.1 Å². The zero-order chi connectivity index (χ0) is 13.7. The Balaban J connectivity index is 1.77. The maximum Gasteiger partial charge on any atom is 0.163 e. The molecule has 1 fully saturated rings. The predicted molar refractivity (Wildman–Crippen MR) is 73.6 cm³/mol. The fourth-order valence-electron chi connectivity index (χ4n) is 2.26. The third-order valence-electron chi connectivity index (χ3n) is 3.37. The molecule has 4 nitrogen and oxygen atoms in total. The van der Waals surface area contributed by atoms with E-state index in [4.69, 9.17) is 9.47 Å². The molecule has 0 aromatic heterocycles. The molecule has 1 aromatic rings. The summed E-state index contributed by atoms with van der Waals surface area (Å²) in [6, 6.07) is 10.2. The zero-order valence-electron chi connectivity index (χ0n) is 11.6. The molecular formula is C15H23NO3. The average molecular weight is 265 g/mol. The Morgan fingerprint density at radius 3 is 2.68 bits per heavy atom. The molecule has 0 amide bonds. The molecule has 0 spiro atoms. The number of hydrogen-bond acceptors (Lipinski definition) is 4. The number of rotatable bonds is 6. The van der Waals surface area contributed by atoms with E-state index in [1.54, 1.807) is 0 Å². The Kier molecular flexibility index (Phi) is 4.93. The largest absolute Gasteiger partial charge is 0.396 e. The zero-order valence-corrected chi connectivity index (χ0v) is 11.6. The van der Waals surface area contributed by atoms with Crippen LogP contribution in [-0.4, -0.2) is 36.8 Å². The molecule has 2 N–H and O–H groups in total. The molecule has 0 unspecified atom stereocenters. The number of hydrogen-bond donors (Lipinski definition) is 2. The van der Waals surface area contributed by atoms with Crippen LogP contribution >= 0.6 is 0 Å². The predicted octanol–water partition coefficient (Wildman–Crippen LogP) is 1.54. The highest BCUT2D eigenvalue weighted by Crippen LogP contribution is 2.26. The Labute approximate surface area is 114 Å². The fraction of sp³-hybridized carbons (Fsp3) is 0.600. The minimum Gasteiger partial charge on any atom is -0.396 e. The molecule has 19 heavy (non-hydrogen) atoms. The number of nitrogens with one attached hydrogen (secondary N) is 1. The number of benzene rings is 1. The van der Waals surface area contributed by atoms with Gasteiger partial charge in [0.15, 0.2) is 5.79 Å². The van der Waals surface area contributed by atoms with Crippen LogP contribution < -0.4 is 5.32 Å². The molecule has 0 radical (unpaired) electrons. The second kappa shape index (κ2) is 6.48. The first kappa shape index (κ1) is 14.5. The normalized spacial score (nSPS) is 23.4. The summed E-state index contributed by atoms with van der Waals surface area (Å²) in [6.45, 7) is 5.97. The van der Waals surface area contributed by atoms with E-state index in [1.807, 2.05) is 32.0 Å². The van der Waals surface area contributed by atoms with Crippen molar-refractivity contribution in [2.45, 2.75) is 32.3 Å². The summed E-state index contributed by atoms with van der Waals surface area (Å²) in [5.41, 5.74) is 1.24. The van der Waals surface area contributed by atoms with Gasteiger partial charge in [-0.15, -0.1) is 0 Å². The molecule has 1 aromatic carbocycles. The van der Waals surface area contributed by atoms with E-state index in [2.05, 4.69) is 17.4 Å². The molecule has 1 aliphatic rings. The summed E-state index contributed by atoms with van der Waals surface area (Å²) in [4.78, 5) is 0. The molecule has 2 rings (SSSR count).